The van der Waals surface area contributed by atoms with Crippen molar-refractivity contribution in [1.82, 2.24) is 10.2 Å². The first-order valence-electron chi connectivity index (χ1n) is 7.91. The predicted molar refractivity (Wildman–Crippen MR) is 78.9 cm³/mol. The third-order valence-corrected chi connectivity index (χ3v) is 5.17. The number of nitrogens with one attached hydrogen (secondary N) is 1. The minimum atomic E-state index is 0.558. The number of piperidine rings is 1. The van der Waals surface area contributed by atoms with Gasteiger partial charge in [-0.15, -0.1) is 0 Å². The van der Waals surface area contributed by atoms with E-state index in [1.165, 1.54) is 51.6 Å². The van der Waals surface area contributed by atoms with Gasteiger partial charge in [0.25, 0.3) is 0 Å². The molecule has 2 fully saturated rings. The van der Waals surface area contributed by atoms with Crippen molar-refractivity contribution in [1.29, 1.82) is 0 Å². The maximum atomic E-state index is 3.94. The van der Waals surface area contributed by atoms with Crippen molar-refractivity contribution in [3.8, 4) is 0 Å². The lowest BCUT2D eigenvalue weighted by molar-refractivity contribution is 0.152. The van der Waals surface area contributed by atoms with E-state index in [1.807, 2.05) is 0 Å². The molecule has 0 amide bonds. The minimum Gasteiger partial charge on any atom is -0.311 e. The SMILES string of the molecule is CC(NC1CCCC(C)(C)C1)C1CCN(C)CC1. The lowest BCUT2D eigenvalue weighted by atomic mass is 9.74. The molecule has 2 heteroatoms. The molecular formula is C16H32N2. The highest BCUT2D eigenvalue weighted by Gasteiger charge is 2.30. The zero-order valence-corrected chi connectivity index (χ0v) is 12.8. The van der Waals surface area contributed by atoms with Gasteiger partial charge >= 0.3 is 0 Å². The molecule has 2 atom stereocenters. The summed E-state index contributed by atoms with van der Waals surface area (Å²) in [6.07, 6.45) is 8.32. The van der Waals surface area contributed by atoms with Gasteiger partial charge in [0, 0.05) is 12.1 Å². The molecule has 1 heterocycles. The smallest absolute Gasteiger partial charge is 0.00747 e. The van der Waals surface area contributed by atoms with Gasteiger partial charge in [0.15, 0.2) is 0 Å². The quantitative estimate of drug-likeness (QED) is 0.829. The van der Waals surface area contributed by atoms with E-state index in [4.69, 9.17) is 0 Å². The Labute approximate surface area is 114 Å². The monoisotopic (exact) mass is 252 g/mol. The molecule has 1 N–H and O–H groups in total. The highest BCUT2D eigenvalue weighted by molar-refractivity contribution is 4.87. The predicted octanol–water partition coefficient (Wildman–Crippen LogP) is 3.28. The number of nitrogens with zero attached hydrogens (tertiary/aromatic N) is 1. The summed E-state index contributed by atoms with van der Waals surface area (Å²) >= 11 is 0. The molecule has 2 unspecified atom stereocenters. The number of rotatable bonds is 3. The first kappa shape index (κ1) is 14.3. The maximum Gasteiger partial charge on any atom is 0.00747 e. The van der Waals surface area contributed by atoms with Crippen molar-refractivity contribution in [2.45, 2.75) is 71.4 Å². The van der Waals surface area contributed by atoms with E-state index in [2.05, 4.69) is 38.0 Å². The first-order valence-corrected chi connectivity index (χ1v) is 7.91. The van der Waals surface area contributed by atoms with Crippen molar-refractivity contribution >= 4 is 0 Å². The Kier molecular flexibility index (Phi) is 4.71. The van der Waals surface area contributed by atoms with E-state index in [0.717, 1.165) is 12.0 Å². The van der Waals surface area contributed by atoms with Crippen molar-refractivity contribution in [3.63, 3.8) is 0 Å². The van der Waals surface area contributed by atoms with Crippen molar-refractivity contribution in [3.05, 3.63) is 0 Å². The second kappa shape index (κ2) is 5.92. The molecule has 2 nitrogen and oxygen atoms in total. The van der Waals surface area contributed by atoms with E-state index in [-0.39, 0.29) is 0 Å². The summed E-state index contributed by atoms with van der Waals surface area (Å²) in [5, 5.41) is 3.94. The average molecular weight is 252 g/mol. The van der Waals surface area contributed by atoms with Crippen LogP contribution >= 0.6 is 0 Å². The fourth-order valence-corrected chi connectivity index (χ4v) is 3.88. The highest BCUT2D eigenvalue weighted by Crippen LogP contribution is 2.35. The van der Waals surface area contributed by atoms with Gasteiger partial charge in [-0.25, -0.2) is 0 Å². The summed E-state index contributed by atoms with van der Waals surface area (Å²) in [6, 6.07) is 1.47. The van der Waals surface area contributed by atoms with Gasteiger partial charge in [0.05, 0.1) is 0 Å². The second-order valence-corrected chi connectivity index (χ2v) is 7.55. The van der Waals surface area contributed by atoms with Gasteiger partial charge in [-0.2, -0.15) is 0 Å². The molecule has 1 aliphatic carbocycles. The lowest BCUT2D eigenvalue weighted by Gasteiger charge is -2.40. The fourth-order valence-electron chi connectivity index (χ4n) is 3.88. The van der Waals surface area contributed by atoms with E-state index in [9.17, 15) is 0 Å². The van der Waals surface area contributed by atoms with Crippen LogP contribution in [0.3, 0.4) is 0 Å². The standard InChI is InChI=1S/C16H32N2/c1-13(14-7-10-18(4)11-8-14)17-15-6-5-9-16(2,3)12-15/h13-15,17H,5-12H2,1-4H3. The Bertz CT molecular complexity index is 254. The number of hydrogen-bond acceptors (Lipinski definition) is 2. The lowest BCUT2D eigenvalue weighted by Crippen LogP contribution is -2.47. The second-order valence-electron chi connectivity index (χ2n) is 7.55. The molecule has 0 spiro atoms. The van der Waals surface area contributed by atoms with Crippen LogP contribution in [-0.2, 0) is 0 Å². The average Bonchev–Trinajstić information content (AvgIpc) is 2.28. The Morgan fingerprint density at radius 3 is 2.44 bits per heavy atom. The van der Waals surface area contributed by atoms with Gasteiger partial charge in [-0.05, 0) is 70.5 Å². The maximum absolute atomic E-state index is 3.94. The van der Waals surface area contributed by atoms with Crippen LogP contribution in [0.1, 0.15) is 59.3 Å². The Morgan fingerprint density at radius 2 is 1.83 bits per heavy atom. The van der Waals surface area contributed by atoms with Crippen LogP contribution in [0, 0.1) is 11.3 Å². The van der Waals surface area contributed by atoms with Crippen molar-refractivity contribution in [2.75, 3.05) is 20.1 Å². The molecule has 0 aromatic carbocycles. The van der Waals surface area contributed by atoms with E-state index >= 15 is 0 Å². The molecule has 2 aliphatic rings. The Hall–Kier alpha value is -0.0800. The van der Waals surface area contributed by atoms with E-state index in [1.54, 1.807) is 0 Å². The van der Waals surface area contributed by atoms with Gasteiger partial charge < -0.3 is 10.2 Å². The molecule has 1 aliphatic heterocycles. The van der Waals surface area contributed by atoms with Crippen LogP contribution in [0.2, 0.25) is 0 Å². The zero-order valence-electron chi connectivity index (χ0n) is 12.8. The fraction of sp³-hybridized carbons (Fsp3) is 1.00. The zero-order chi connectivity index (χ0) is 13.2. The molecule has 1 saturated carbocycles. The molecule has 1 saturated heterocycles. The number of hydrogen-bond donors (Lipinski definition) is 1. The molecule has 0 bridgehead atoms. The molecule has 18 heavy (non-hydrogen) atoms. The Morgan fingerprint density at radius 1 is 1.17 bits per heavy atom. The largest absolute Gasteiger partial charge is 0.311 e. The van der Waals surface area contributed by atoms with Gasteiger partial charge in [-0.3, -0.25) is 0 Å². The first-order chi connectivity index (χ1) is 8.46. The van der Waals surface area contributed by atoms with E-state index in [0.29, 0.717) is 11.5 Å². The van der Waals surface area contributed by atoms with Crippen LogP contribution in [0.4, 0.5) is 0 Å². The van der Waals surface area contributed by atoms with Crippen molar-refractivity contribution < 1.29 is 0 Å². The van der Waals surface area contributed by atoms with Crippen LogP contribution in [0.5, 0.6) is 0 Å². The molecular weight excluding hydrogens is 220 g/mol. The summed E-state index contributed by atoms with van der Waals surface area (Å²) in [7, 11) is 2.25. The molecule has 0 radical (unpaired) electrons. The van der Waals surface area contributed by atoms with Gasteiger partial charge in [-0.1, -0.05) is 20.3 Å². The molecule has 106 valence electrons. The number of likely N-dealkylation sites (tertiary alicyclic amines) is 1. The third kappa shape index (κ3) is 3.96. The normalized spacial score (nSPS) is 32.3. The topological polar surface area (TPSA) is 15.3 Å². The van der Waals surface area contributed by atoms with Crippen LogP contribution in [0.25, 0.3) is 0 Å². The van der Waals surface area contributed by atoms with Crippen LogP contribution in [0.15, 0.2) is 0 Å². The van der Waals surface area contributed by atoms with Crippen LogP contribution in [-0.4, -0.2) is 37.1 Å². The van der Waals surface area contributed by atoms with Crippen molar-refractivity contribution in [2.24, 2.45) is 11.3 Å². The molecule has 2 rings (SSSR count). The van der Waals surface area contributed by atoms with Gasteiger partial charge in [0.1, 0.15) is 0 Å². The summed E-state index contributed by atoms with van der Waals surface area (Å²) < 4.78 is 0. The van der Waals surface area contributed by atoms with Crippen LogP contribution < -0.4 is 5.32 Å². The Balaban J connectivity index is 1.78. The summed E-state index contributed by atoms with van der Waals surface area (Å²) in [5.41, 5.74) is 0.558. The molecule has 0 aromatic heterocycles. The summed E-state index contributed by atoms with van der Waals surface area (Å²) in [5.74, 6) is 0.895. The van der Waals surface area contributed by atoms with Gasteiger partial charge in [0.2, 0.25) is 0 Å². The molecule has 0 aromatic rings. The highest BCUT2D eigenvalue weighted by atomic mass is 15.1. The third-order valence-electron chi connectivity index (χ3n) is 5.17. The minimum absolute atomic E-state index is 0.558. The summed E-state index contributed by atoms with van der Waals surface area (Å²) in [6.45, 7) is 9.85. The van der Waals surface area contributed by atoms with E-state index < -0.39 is 0 Å². The summed E-state index contributed by atoms with van der Waals surface area (Å²) in [4.78, 5) is 2.47.